The quantitative estimate of drug-likeness (QED) is 0.554. The first-order valence-corrected chi connectivity index (χ1v) is 5.23. The van der Waals surface area contributed by atoms with Crippen LogP contribution in [-0.4, -0.2) is 18.8 Å². The summed E-state index contributed by atoms with van der Waals surface area (Å²) in [6.07, 6.45) is 1.17. The standard InChI is InChI=1S/C11H13F3O2/c1-10(5-7-2-3-8(10)4-7)9(15)16-11(13,14)6-12/h2-3,7-8H,4-6H2,1H3. The summed E-state index contributed by atoms with van der Waals surface area (Å²) >= 11 is 0. The predicted molar refractivity (Wildman–Crippen MR) is 50.5 cm³/mol. The third-order valence-corrected chi connectivity index (χ3v) is 3.54. The molecule has 3 unspecified atom stereocenters. The van der Waals surface area contributed by atoms with Crippen molar-refractivity contribution in [3.8, 4) is 0 Å². The van der Waals surface area contributed by atoms with E-state index in [9.17, 15) is 18.0 Å². The van der Waals surface area contributed by atoms with E-state index in [4.69, 9.17) is 0 Å². The Morgan fingerprint density at radius 1 is 1.56 bits per heavy atom. The first kappa shape index (κ1) is 11.5. The molecule has 3 atom stereocenters. The molecule has 1 saturated carbocycles. The Bertz CT molecular complexity index is 340. The molecule has 2 bridgehead atoms. The van der Waals surface area contributed by atoms with Gasteiger partial charge in [0.2, 0.25) is 0 Å². The van der Waals surface area contributed by atoms with Gasteiger partial charge in [-0.05, 0) is 31.6 Å². The molecule has 5 heteroatoms. The van der Waals surface area contributed by atoms with Gasteiger partial charge < -0.3 is 4.74 Å². The fraction of sp³-hybridized carbons (Fsp3) is 0.727. The van der Waals surface area contributed by atoms with Gasteiger partial charge in [-0.25, -0.2) is 4.39 Å². The number of alkyl halides is 3. The minimum atomic E-state index is -3.99. The summed E-state index contributed by atoms with van der Waals surface area (Å²) in [6, 6.07) is 0. The molecule has 2 aliphatic rings. The lowest BCUT2D eigenvalue weighted by Crippen LogP contribution is -2.39. The van der Waals surface area contributed by atoms with Gasteiger partial charge in [0.1, 0.15) is 0 Å². The average molecular weight is 234 g/mol. The number of esters is 1. The topological polar surface area (TPSA) is 26.3 Å². The molecule has 2 rings (SSSR count). The summed E-state index contributed by atoms with van der Waals surface area (Å²) in [5.41, 5.74) is -0.919. The van der Waals surface area contributed by atoms with E-state index >= 15 is 0 Å². The van der Waals surface area contributed by atoms with Crippen molar-refractivity contribution >= 4 is 5.97 Å². The smallest absolute Gasteiger partial charge is 0.398 e. The van der Waals surface area contributed by atoms with Gasteiger partial charge in [0.15, 0.2) is 6.67 Å². The zero-order valence-corrected chi connectivity index (χ0v) is 8.88. The molecule has 0 heterocycles. The highest BCUT2D eigenvalue weighted by molar-refractivity contribution is 5.78. The Morgan fingerprint density at radius 3 is 2.69 bits per heavy atom. The molecule has 2 nitrogen and oxygen atoms in total. The van der Waals surface area contributed by atoms with Gasteiger partial charge in [0.05, 0.1) is 5.41 Å². The molecule has 0 amide bonds. The minimum Gasteiger partial charge on any atom is -0.398 e. The van der Waals surface area contributed by atoms with Crippen LogP contribution in [0.2, 0.25) is 0 Å². The lowest BCUT2D eigenvalue weighted by atomic mass is 9.78. The van der Waals surface area contributed by atoms with Crippen LogP contribution in [-0.2, 0) is 9.53 Å². The predicted octanol–water partition coefficient (Wildman–Crippen LogP) is 2.69. The molecule has 0 spiro atoms. The Morgan fingerprint density at radius 2 is 2.25 bits per heavy atom. The maximum atomic E-state index is 12.6. The monoisotopic (exact) mass is 234 g/mol. The normalized spacial score (nSPS) is 36.8. The second kappa shape index (κ2) is 3.50. The molecule has 1 fully saturated rings. The Kier molecular flexibility index (Phi) is 2.51. The van der Waals surface area contributed by atoms with Crippen LogP contribution in [0.3, 0.4) is 0 Å². The molecule has 2 aliphatic carbocycles. The van der Waals surface area contributed by atoms with Gasteiger partial charge in [-0.2, -0.15) is 8.78 Å². The number of carbonyl (C=O) groups excluding carboxylic acids is 1. The van der Waals surface area contributed by atoms with E-state index in [1.54, 1.807) is 6.92 Å². The van der Waals surface area contributed by atoms with Crippen LogP contribution in [0.4, 0.5) is 13.2 Å². The van der Waals surface area contributed by atoms with Gasteiger partial charge in [0, 0.05) is 0 Å². The van der Waals surface area contributed by atoms with Crippen molar-refractivity contribution < 1.29 is 22.7 Å². The van der Waals surface area contributed by atoms with E-state index in [1.165, 1.54) is 0 Å². The van der Waals surface area contributed by atoms with Gasteiger partial charge in [-0.3, -0.25) is 4.79 Å². The lowest BCUT2D eigenvalue weighted by Gasteiger charge is -2.30. The zero-order chi connectivity index (χ0) is 12.0. The second-order valence-corrected chi connectivity index (χ2v) is 4.77. The highest BCUT2D eigenvalue weighted by Crippen LogP contribution is 2.52. The fourth-order valence-corrected chi connectivity index (χ4v) is 2.61. The molecule has 90 valence electrons. The maximum absolute atomic E-state index is 12.6. The van der Waals surface area contributed by atoms with Crippen LogP contribution in [0, 0.1) is 17.3 Å². The van der Waals surface area contributed by atoms with Crippen LogP contribution in [0.1, 0.15) is 19.8 Å². The Labute approximate surface area is 91.5 Å². The molecule has 0 radical (unpaired) electrons. The summed E-state index contributed by atoms with van der Waals surface area (Å²) in [5, 5.41) is 0. The molecule has 0 aromatic carbocycles. The van der Waals surface area contributed by atoms with Crippen molar-refractivity contribution in [3.63, 3.8) is 0 Å². The van der Waals surface area contributed by atoms with E-state index in [1.807, 2.05) is 12.2 Å². The number of allylic oxidation sites excluding steroid dienone is 2. The molecule has 16 heavy (non-hydrogen) atoms. The number of hydrogen-bond acceptors (Lipinski definition) is 2. The molecule has 0 N–H and O–H groups in total. The number of ether oxygens (including phenoxy) is 1. The fourth-order valence-electron chi connectivity index (χ4n) is 2.61. The van der Waals surface area contributed by atoms with Crippen LogP contribution < -0.4 is 0 Å². The molecule has 0 aromatic heterocycles. The minimum absolute atomic E-state index is 0.0552. The van der Waals surface area contributed by atoms with Gasteiger partial charge in [-0.15, -0.1) is 0 Å². The summed E-state index contributed by atoms with van der Waals surface area (Å²) in [6.45, 7) is -0.365. The van der Waals surface area contributed by atoms with Crippen molar-refractivity contribution in [2.75, 3.05) is 6.67 Å². The van der Waals surface area contributed by atoms with Crippen LogP contribution >= 0.6 is 0 Å². The van der Waals surface area contributed by atoms with Gasteiger partial charge in [-0.1, -0.05) is 12.2 Å². The molecule has 0 saturated heterocycles. The van der Waals surface area contributed by atoms with Crippen molar-refractivity contribution in [3.05, 3.63) is 12.2 Å². The molecular weight excluding hydrogens is 221 g/mol. The first-order valence-electron chi connectivity index (χ1n) is 5.23. The van der Waals surface area contributed by atoms with Crippen molar-refractivity contribution in [1.29, 1.82) is 0 Å². The summed E-state index contributed by atoms with van der Waals surface area (Å²) in [5.74, 6) is -0.783. The molecular formula is C11H13F3O2. The summed E-state index contributed by atoms with van der Waals surface area (Å²) < 4.78 is 41.1. The highest BCUT2D eigenvalue weighted by atomic mass is 19.3. The second-order valence-electron chi connectivity index (χ2n) is 4.77. The van der Waals surface area contributed by atoms with E-state index < -0.39 is 24.2 Å². The van der Waals surface area contributed by atoms with E-state index in [0.29, 0.717) is 6.42 Å². The largest absolute Gasteiger partial charge is 0.429 e. The van der Waals surface area contributed by atoms with E-state index in [0.717, 1.165) is 6.42 Å². The average Bonchev–Trinajstić information content (AvgIpc) is 2.77. The third kappa shape index (κ3) is 1.72. The van der Waals surface area contributed by atoms with Crippen molar-refractivity contribution in [2.24, 2.45) is 17.3 Å². The summed E-state index contributed by atoms with van der Waals surface area (Å²) in [4.78, 5) is 11.6. The number of halogens is 3. The maximum Gasteiger partial charge on any atom is 0.429 e. The van der Waals surface area contributed by atoms with Crippen molar-refractivity contribution in [1.82, 2.24) is 0 Å². The van der Waals surface area contributed by atoms with E-state index in [2.05, 4.69) is 4.74 Å². The van der Waals surface area contributed by atoms with Crippen LogP contribution in [0.15, 0.2) is 12.2 Å². The first-order chi connectivity index (χ1) is 7.37. The zero-order valence-electron chi connectivity index (χ0n) is 8.88. The Balaban J connectivity index is 2.08. The number of hydrogen-bond donors (Lipinski definition) is 0. The number of carbonyl (C=O) groups is 1. The highest BCUT2D eigenvalue weighted by Gasteiger charge is 2.53. The van der Waals surface area contributed by atoms with Gasteiger partial charge >= 0.3 is 12.1 Å². The van der Waals surface area contributed by atoms with Gasteiger partial charge in [0.25, 0.3) is 0 Å². The van der Waals surface area contributed by atoms with Crippen LogP contribution in [0.25, 0.3) is 0 Å². The lowest BCUT2D eigenvalue weighted by molar-refractivity contribution is -0.247. The van der Waals surface area contributed by atoms with Crippen LogP contribution in [0.5, 0.6) is 0 Å². The number of rotatable bonds is 3. The van der Waals surface area contributed by atoms with E-state index in [-0.39, 0.29) is 11.8 Å². The number of fused-ring (bicyclic) bond motifs is 2. The van der Waals surface area contributed by atoms with Crippen molar-refractivity contribution in [2.45, 2.75) is 25.9 Å². The molecule has 0 aliphatic heterocycles. The SMILES string of the molecule is CC1(C(=O)OC(F)(F)CF)CC2C=CC1C2. The Hall–Kier alpha value is -1.00. The molecule has 0 aromatic rings. The summed E-state index contributed by atoms with van der Waals surface area (Å²) in [7, 11) is 0. The third-order valence-electron chi connectivity index (χ3n) is 3.54.